The molecule has 2 heterocycles. The van der Waals surface area contributed by atoms with Crippen LogP contribution >= 0.6 is 11.3 Å². The van der Waals surface area contributed by atoms with Gasteiger partial charge in [-0.2, -0.15) is 0 Å². The van der Waals surface area contributed by atoms with E-state index in [-0.39, 0.29) is 12.5 Å². The molecule has 0 saturated heterocycles. The molecular weight excluding hydrogens is 322 g/mol. The first kappa shape index (κ1) is 14.7. The zero-order chi connectivity index (χ0) is 16.5. The number of likely N-dealkylation sites (N-methyl/N-ethyl adjacent to an activating group) is 1. The highest BCUT2D eigenvalue weighted by Gasteiger charge is 2.22. The number of nitrogens with zero attached hydrogens (tertiary/aromatic N) is 2. The summed E-state index contributed by atoms with van der Waals surface area (Å²) in [6, 6.07) is 15.7. The minimum atomic E-state index is -0.0515. The van der Waals surface area contributed by atoms with E-state index in [0.717, 1.165) is 33.5 Å². The highest BCUT2D eigenvalue weighted by molar-refractivity contribution is 7.14. The average Bonchev–Trinajstić information content (AvgIpc) is 3.07. The topological polar surface area (TPSA) is 54.5 Å². The van der Waals surface area contributed by atoms with Crippen molar-refractivity contribution >= 4 is 33.8 Å². The van der Waals surface area contributed by atoms with Gasteiger partial charge in [0.15, 0.2) is 11.7 Å². The maximum absolute atomic E-state index is 11.8. The number of anilines is 3. The molecule has 1 amide bonds. The van der Waals surface area contributed by atoms with Gasteiger partial charge >= 0.3 is 0 Å². The Labute approximate surface area is 143 Å². The van der Waals surface area contributed by atoms with Crippen LogP contribution in [-0.2, 0) is 4.79 Å². The smallest absolute Gasteiger partial charge is 0.264 e. The van der Waals surface area contributed by atoms with Crippen molar-refractivity contribution in [2.45, 2.75) is 0 Å². The van der Waals surface area contributed by atoms with Crippen LogP contribution in [0.25, 0.3) is 11.3 Å². The molecule has 0 atom stereocenters. The number of para-hydroxylation sites is 1. The van der Waals surface area contributed by atoms with E-state index >= 15 is 0 Å². The van der Waals surface area contributed by atoms with Gasteiger partial charge < -0.3 is 15.0 Å². The molecule has 1 aliphatic heterocycles. The number of hydrogen-bond acceptors (Lipinski definition) is 5. The zero-order valence-corrected chi connectivity index (χ0v) is 13.8. The van der Waals surface area contributed by atoms with Crippen LogP contribution in [0.3, 0.4) is 0 Å². The normalized spacial score (nSPS) is 13.4. The summed E-state index contributed by atoms with van der Waals surface area (Å²) in [6.07, 6.45) is 0. The first-order valence-corrected chi connectivity index (χ1v) is 8.40. The number of ether oxygens (including phenoxy) is 1. The monoisotopic (exact) mass is 337 g/mol. The van der Waals surface area contributed by atoms with Crippen molar-refractivity contribution in [2.24, 2.45) is 0 Å². The predicted molar refractivity (Wildman–Crippen MR) is 96.2 cm³/mol. The molecule has 2 aromatic carbocycles. The molecule has 120 valence electrons. The third-order valence-corrected chi connectivity index (χ3v) is 4.63. The van der Waals surface area contributed by atoms with E-state index in [1.807, 2.05) is 53.9 Å². The first-order valence-electron chi connectivity index (χ1n) is 7.52. The number of carbonyl (C=O) groups is 1. The van der Waals surface area contributed by atoms with Crippen molar-refractivity contribution in [3.05, 3.63) is 53.9 Å². The van der Waals surface area contributed by atoms with Gasteiger partial charge in [-0.05, 0) is 30.3 Å². The van der Waals surface area contributed by atoms with E-state index in [9.17, 15) is 4.79 Å². The third kappa shape index (κ3) is 2.72. The Balaban J connectivity index is 1.62. The number of nitrogens with one attached hydrogen (secondary N) is 1. The van der Waals surface area contributed by atoms with Crippen LogP contribution in [0.2, 0.25) is 0 Å². The fourth-order valence-corrected chi connectivity index (χ4v) is 3.28. The van der Waals surface area contributed by atoms with Gasteiger partial charge in [0.05, 0.1) is 11.4 Å². The number of fused-ring (bicyclic) bond motifs is 1. The largest absolute Gasteiger partial charge is 0.482 e. The standard InChI is InChI=1S/C18H15N3O2S/c1-21-15-9-12(7-8-16(15)23-10-17(21)22)14-11-24-18(20-14)19-13-5-3-2-4-6-13/h2-9,11H,10H2,1H3,(H,19,20). The van der Waals surface area contributed by atoms with Gasteiger partial charge in [0.25, 0.3) is 5.91 Å². The molecule has 4 rings (SSSR count). The van der Waals surface area contributed by atoms with E-state index in [0.29, 0.717) is 0 Å². The summed E-state index contributed by atoms with van der Waals surface area (Å²) in [4.78, 5) is 18.0. The Hall–Kier alpha value is -2.86. The van der Waals surface area contributed by atoms with Gasteiger partial charge in [0.1, 0.15) is 5.75 Å². The fraction of sp³-hybridized carbons (Fsp3) is 0.111. The summed E-state index contributed by atoms with van der Waals surface area (Å²) >= 11 is 1.54. The first-order chi connectivity index (χ1) is 11.7. The van der Waals surface area contributed by atoms with Gasteiger partial charge in [-0.25, -0.2) is 4.98 Å². The maximum atomic E-state index is 11.8. The molecule has 0 radical (unpaired) electrons. The Kier molecular flexibility index (Phi) is 3.66. The molecule has 1 N–H and O–H groups in total. The molecule has 0 unspecified atom stereocenters. The molecule has 6 heteroatoms. The summed E-state index contributed by atoms with van der Waals surface area (Å²) in [5, 5.41) is 6.12. The van der Waals surface area contributed by atoms with Gasteiger partial charge in [0, 0.05) is 23.7 Å². The Morgan fingerprint density at radius 3 is 2.88 bits per heavy atom. The van der Waals surface area contributed by atoms with E-state index < -0.39 is 0 Å². The van der Waals surface area contributed by atoms with Crippen molar-refractivity contribution < 1.29 is 9.53 Å². The molecule has 3 aromatic rings. The lowest BCUT2D eigenvalue weighted by Gasteiger charge is -2.26. The van der Waals surface area contributed by atoms with Gasteiger partial charge in [-0.1, -0.05) is 18.2 Å². The summed E-state index contributed by atoms with van der Waals surface area (Å²) in [5.74, 6) is 0.670. The number of carbonyl (C=O) groups excluding carboxylic acids is 1. The molecule has 0 bridgehead atoms. The second kappa shape index (κ2) is 5.98. The summed E-state index contributed by atoms with van der Waals surface area (Å²) in [5.41, 5.74) is 3.60. The molecule has 1 aromatic heterocycles. The number of amides is 1. The van der Waals surface area contributed by atoms with Crippen LogP contribution in [0.5, 0.6) is 5.75 Å². The minimum Gasteiger partial charge on any atom is -0.482 e. The van der Waals surface area contributed by atoms with Gasteiger partial charge in [0.2, 0.25) is 0 Å². The molecule has 0 saturated carbocycles. The number of hydrogen-bond donors (Lipinski definition) is 1. The fourth-order valence-electron chi connectivity index (χ4n) is 2.54. The average molecular weight is 337 g/mol. The highest BCUT2D eigenvalue weighted by atomic mass is 32.1. The molecule has 5 nitrogen and oxygen atoms in total. The number of thiazole rings is 1. The minimum absolute atomic E-state index is 0.0515. The Morgan fingerprint density at radius 2 is 2.04 bits per heavy atom. The van der Waals surface area contributed by atoms with Crippen LogP contribution in [0.15, 0.2) is 53.9 Å². The van der Waals surface area contributed by atoms with Crippen LogP contribution in [0, 0.1) is 0 Å². The van der Waals surface area contributed by atoms with E-state index in [1.165, 1.54) is 0 Å². The van der Waals surface area contributed by atoms with E-state index in [4.69, 9.17) is 4.74 Å². The lowest BCUT2D eigenvalue weighted by molar-refractivity contribution is -0.120. The van der Waals surface area contributed by atoms with E-state index in [1.54, 1.807) is 23.3 Å². The Bertz CT molecular complexity index is 892. The Morgan fingerprint density at radius 1 is 1.21 bits per heavy atom. The molecule has 0 fully saturated rings. The van der Waals surface area contributed by atoms with Crippen molar-refractivity contribution in [2.75, 3.05) is 23.9 Å². The maximum Gasteiger partial charge on any atom is 0.264 e. The summed E-state index contributed by atoms with van der Waals surface area (Å²) < 4.78 is 5.46. The molecule has 0 spiro atoms. The highest BCUT2D eigenvalue weighted by Crippen LogP contribution is 2.36. The third-order valence-electron chi connectivity index (χ3n) is 3.87. The molecule has 1 aliphatic rings. The van der Waals surface area contributed by atoms with Crippen LogP contribution in [0.4, 0.5) is 16.5 Å². The molecular formula is C18H15N3O2S. The van der Waals surface area contributed by atoms with Crippen molar-refractivity contribution in [1.29, 1.82) is 0 Å². The number of rotatable bonds is 3. The number of aromatic nitrogens is 1. The van der Waals surface area contributed by atoms with Gasteiger partial charge in [-0.3, -0.25) is 4.79 Å². The van der Waals surface area contributed by atoms with Gasteiger partial charge in [-0.15, -0.1) is 11.3 Å². The lowest BCUT2D eigenvalue weighted by Crippen LogP contribution is -2.35. The SMILES string of the molecule is CN1C(=O)COc2ccc(-c3csc(Nc4ccccc4)n3)cc21. The quantitative estimate of drug-likeness (QED) is 0.787. The second-order valence-electron chi connectivity index (χ2n) is 5.45. The molecule has 0 aliphatic carbocycles. The van der Waals surface area contributed by atoms with Crippen molar-refractivity contribution in [3.8, 4) is 17.0 Å². The lowest BCUT2D eigenvalue weighted by atomic mass is 10.1. The van der Waals surface area contributed by atoms with Crippen molar-refractivity contribution in [1.82, 2.24) is 4.98 Å². The molecule has 24 heavy (non-hydrogen) atoms. The second-order valence-corrected chi connectivity index (χ2v) is 6.31. The zero-order valence-electron chi connectivity index (χ0n) is 13.0. The summed E-state index contributed by atoms with van der Waals surface area (Å²) in [6.45, 7) is 0.0880. The summed E-state index contributed by atoms with van der Waals surface area (Å²) in [7, 11) is 1.76. The van der Waals surface area contributed by atoms with Crippen LogP contribution in [-0.4, -0.2) is 24.5 Å². The van der Waals surface area contributed by atoms with Crippen molar-refractivity contribution in [3.63, 3.8) is 0 Å². The predicted octanol–water partition coefficient (Wildman–Crippen LogP) is 3.91. The van der Waals surface area contributed by atoms with Crippen LogP contribution < -0.4 is 15.0 Å². The number of benzene rings is 2. The van der Waals surface area contributed by atoms with E-state index in [2.05, 4.69) is 10.3 Å². The van der Waals surface area contributed by atoms with Crippen LogP contribution in [0.1, 0.15) is 0 Å².